The Morgan fingerprint density at radius 3 is 2.67 bits per heavy atom. The zero-order chi connectivity index (χ0) is 6.91. The summed E-state index contributed by atoms with van der Waals surface area (Å²) >= 11 is -2.59. The third-order valence-electron chi connectivity index (χ3n) is 0.948. The van der Waals surface area contributed by atoms with Crippen LogP contribution in [0.15, 0.2) is 0 Å². The molecular formula is C4H10O4S. The fraction of sp³-hybridized carbons (Fsp3) is 1.00. The first-order chi connectivity index (χ1) is 4.16. The van der Waals surface area contributed by atoms with Crippen LogP contribution in [-0.2, 0) is 12.5 Å². The van der Waals surface area contributed by atoms with E-state index in [0.29, 0.717) is 6.61 Å². The molecule has 0 bridgehead atoms. The normalized spacial score (nSPS) is 50.8. The van der Waals surface area contributed by atoms with E-state index in [1.807, 2.05) is 6.92 Å². The molecule has 0 saturated carbocycles. The number of hydrogen-bond donors (Lipinski definition) is 1. The van der Waals surface area contributed by atoms with E-state index in [1.54, 1.807) is 0 Å². The van der Waals surface area contributed by atoms with Crippen molar-refractivity contribution in [3.63, 3.8) is 0 Å². The molecular weight excluding hydrogens is 144 g/mol. The van der Waals surface area contributed by atoms with Crippen molar-refractivity contribution < 1.29 is 17.1 Å². The van der Waals surface area contributed by atoms with Crippen LogP contribution in [0.25, 0.3) is 0 Å². The van der Waals surface area contributed by atoms with Crippen molar-refractivity contribution in [1.29, 1.82) is 0 Å². The van der Waals surface area contributed by atoms with Crippen molar-refractivity contribution in [1.82, 2.24) is 0 Å². The predicted octanol–water partition coefficient (Wildman–Crippen LogP) is 1.09. The molecule has 0 amide bonds. The molecule has 1 rings (SSSR count). The van der Waals surface area contributed by atoms with Crippen LogP contribution in [-0.4, -0.2) is 24.4 Å². The molecule has 1 aliphatic heterocycles. The summed E-state index contributed by atoms with van der Waals surface area (Å²) in [4.78, 5) is 0. The first kappa shape index (κ1) is 7.30. The Morgan fingerprint density at radius 2 is 2.44 bits per heavy atom. The fourth-order valence-corrected chi connectivity index (χ4v) is 1.60. The van der Waals surface area contributed by atoms with E-state index in [0.717, 1.165) is 0 Å². The zero-order valence-electron chi connectivity index (χ0n) is 5.36. The van der Waals surface area contributed by atoms with Crippen molar-refractivity contribution in [2.75, 3.05) is 13.7 Å². The van der Waals surface area contributed by atoms with Crippen molar-refractivity contribution in [2.45, 2.75) is 13.0 Å². The molecule has 56 valence electrons. The molecule has 0 aliphatic carbocycles. The molecule has 0 spiro atoms. The quantitative estimate of drug-likeness (QED) is 0.614. The summed E-state index contributed by atoms with van der Waals surface area (Å²) < 4.78 is 23.3. The molecule has 1 saturated heterocycles. The molecule has 0 aromatic heterocycles. The Morgan fingerprint density at radius 1 is 1.78 bits per heavy atom. The van der Waals surface area contributed by atoms with Gasteiger partial charge < -0.3 is 0 Å². The summed E-state index contributed by atoms with van der Waals surface area (Å²) in [5, 5.41) is 0. The van der Waals surface area contributed by atoms with Gasteiger partial charge in [0.15, 0.2) is 0 Å². The van der Waals surface area contributed by atoms with Crippen LogP contribution in [0.4, 0.5) is 0 Å². The Labute approximate surface area is 55.9 Å². The van der Waals surface area contributed by atoms with Gasteiger partial charge in [-0.2, -0.15) is 0 Å². The third kappa shape index (κ3) is 1.56. The summed E-state index contributed by atoms with van der Waals surface area (Å²) in [6, 6.07) is 0. The topological polar surface area (TPSA) is 47.9 Å². The van der Waals surface area contributed by atoms with Gasteiger partial charge in [-0.1, -0.05) is 0 Å². The molecule has 0 aromatic rings. The van der Waals surface area contributed by atoms with Crippen LogP contribution in [0, 0.1) is 0 Å². The highest BCUT2D eigenvalue weighted by molar-refractivity contribution is 8.16. The van der Waals surface area contributed by atoms with Crippen molar-refractivity contribution in [3.8, 4) is 0 Å². The van der Waals surface area contributed by atoms with E-state index in [9.17, 15) is 0 Å². The van der Waals surface area contributed by atoms with E-state index >= 15 is 0 Å². The molecule has 4 nitrogen and oxygen atoms in total. The third-order valence-corrected chi connectivity index (χ3v) is 2.38. The molecule has 2 atom stereocenters. The van der Waals surface area contributed by atoms with Crippen molar-refractivity contribution >= 4 is 11.2 Å². The molecule has 1 aliphatic rings. The molecule has 1 heterocycles. The van der Waals surface area contributed by atoms with Gasteiger partial charge in [0, 0.05) is 0 Å². The van der Waals surface area contributed by atoms with Gasteiger partial charge in [-0.25, -0.2) is 0 Å². The number of hydrogen-bond acceptors (Lipinski definition) is 4. The summed E-state index contributed by atoms with van der Waals surface area (Å²) in [5.41, 5.74) is 0. The van der Waals surface area contributed by atoms with Gasteiger partial charge in [-0.15, -0.1) is 0 Å². The van der Waals surface area contributed by atoms with E-state index in [4.69, 9.17) is 12.9 Å². The van der Waals surface area contributed by atoms with Gasteiger partial charge in [0.2, 0.25) is 11.2 Å². The summed E-state index contributed by atoms with van der Waals surface area (Å²) in [6.07, 6.45) is -0.0649. The van der Waals surface area contributed by atoms with Crippen molar-refractivity contribution in [3.05, 3.63) is 0 Å². The maximum absolute atomic E-state index is 9.09. The largest absolute Gasteiger partial charge is 0.287 e. The van der Waals surface area contributed by atoms with Crippen LogP contribution < -0.4 is 0 Å². The van der Waals surface area contributed by atoms with Gasteiger partial charge >= 0.3 is 0 Å². The summed E-state index contributed by atoms with van der Waals surface area (Å²) in [7, 11) is 1.35. The smallest absolute Gasteiger partial charge is 0.221 e. The first-order valence-electron chi connectivity index (χ1n) is 2.60. The lowest BCUT2D eigenvalue weighted by Gasteiger charge is -2.21. The maximum Gasteiger partial charge on any atom is 0.221 e. The van der Waals surface area contributed by atoms with E-state index in [2.05, 4.69) is 4.18 Å². The minimum atomic E-state index is -2.59. The van der Waals surface area contributed by atoms with E-state index in [-0.39, 0.29) is 6.10 Å². The van der Waals surface area contributed by atoms with E-state index in [1.165, 1.54) is 7.11 Å². The average molecular weight is 154 g/mol. The highest BCUT2D eigenvalue weighted by Gasteiger charge is 2.33. The lowest BCUT2D eigenvalue weighted by atomic mass is 10.5. The summed E-state index contributed by atoms with van der Waals surface area (Å²) in [5.74, 6) is 0. The first-order valence-corrected chi connectivity index (χ1v) is 3.97. The Hall–Kier alpha value is 0.190. The zero-order valence-corrected chi connectivity index (χ0v) is 6.18. The molecule has 1 N–H and O–H groups in total. The lowest BCUT2D eigenvalue weighted by molar-refractivity contribution is 0.211. The second-order valence-corrected chi connectivity index (χ2v) is 3.40. The Bertz CT molecular complexity index is 109. The minimum absolute atomic E-state index is 0.0649. The highest BCUT2D eigenvalue weighted by atomic mass is 32.3. The van der Waals surface area contributed by atoms with Gasteiger partial charge in [0.05, 0.1) is 19.8 Å². The maximum atomic E-state index is 9.09. The van der Waals surface area contributed by atoms with Gasteiger partial charge in [0.1, 0.15) is 0 Å². The standard InChI is InChI=1S/C4H10O4S/c1-4-3-7-9(5,6-2)8-4/h4-5H,3H2,1-2H3/t4-/m1/s1. The predicted molar refractivity (Wildman–Crippen MR) is 33.7 cm³/mol. The van der Waals surface area contributed by atoms with Gasteiger partial charge in [-0.3, -0.25) is 17.1 Å². The highest BCUT2D eigenvalue weighted by Crippen LogP contribution is 2.51. The van der Waals surface area contributed by atoms with Crippen LogP contribution >= 0.6 is 11.2 Å². The van der Waals surface area contributed by atoms with Crippen LogP contribution in [0.2, 0.25) is 0 Å². The Kier molecular flexibility index (Phi) is 1.97. The van der Waals surface area contributed by atoms with Gasteiger partial charge in [-0.05, 0) is 6.92 Å². The van der Waals surface area contributed by atoms with E-state index < -0.39 is 11.2 Å². The molecule has 0 aromatic carbocycles. The van der Waals surface area contributed by atoms with Gasteiger partial charge in [0.25, 0.3) is 0 Å². The minimum Gasteiger partial charge on any atom is -0.287 e. The second-order valence-electron chi connectivity index (χ2n) is 1.79. The number of rotatable bonds is 1. The SMILES string of the molecule is COS1(O)OC[C@@H](C)O1. The summed E-state index contributed by atoms with van der Waals surface area (Å²) in [6.45, 7) is 2.21. The molecule has 5 heteroatoms. The lowest BCUT2D eigenvalue weighted by Crippen LogP contribution is -2.02. The monoisotopic (exact) mass is 154 g/mol. The van der Waals surface area contributed by atoms with Crippen LogP contribution in [0.1, 0.15) is 6.92 Å². The van der Waals surface area contributed by atoms with Crippen LogP contribution in [0.3, 0.4) is 0 Å². The van der Waals surface area contributed by atoms with Crippen molar-refractivity contribution in [2.24, 2.45) is 0 Å². The molecule has 1 fully saturated rings. The molecule has 9 heavy (non-hydrogen) atoms. The molecule has 0 radical (unpaired) electrons. The average Bonchev–Trinajstić information content (AvgIpc) is 2.13. The van der Waals surface area contributed by atoms with Crippen LogP contribution in [0.5, 0.6) is 0 Å². The fourth-order valence-electron chi connectivity index (χ4n) is 0.532. The second kappa shape index (κ2) is 2.43. The Balaban J connectivity index is 2.45. The molecule has 1 unspecified atom stereocenters.